The molecule has 1 N–H and O–H groups in total. The van der Waals surface area contributed by atoms with Crippen LogP contribution in [0.25, 0.3) is 0 Å². The summed E-state index contributed by atoms with van der Waals surface area (Å²) in [6.45, 7) is 11.1. The minimum atomic E-state index is -0.427. The molecule has 0 bridgehead atoms. The van der Waals surface area contributed by atoms with Crippen LogP contribution in [0.1, 0.15) is 66.7 Å². The van der Waals surface area contributed by atoms with Crippen LogP contribution in [0.5, 0.6) is 0 Å². The molecule has 1 saturated heterocycles. The summed E-state index contributed by atoms with van der Waals surface area (Å²) in [5, 5.41) is 3.45. The van der Waals surface area contributed by atoms with E-state index in [1.807, 2.05) is 32.7 Å². The highest BCUT2D eigenvalue weighted by molar-refractivity contribution is 5.69. The van der Waals surface area contributed by atoms with Gasteiger partial charge in [0.05, 0.1) is 0 Å². The molecule has 0 aromatic carbocycles. The third kappa shape index (κ3) is 4.35. The van der Waals surface area contributed by atoms with E-state index >= 15 is 0 Å². The van der Waals surface area contributed by atoms with Crippen molar-refractivity contribution < 1.29 is 9.53 Å². The molecule has 1 saturated carbocycles. The molecule has 1 unspecified atom stereocenters. The number of piperidine rings is 1. The fourth-order valence-electron chi connectivity index (χ4n) is 3.29. The topological polar surface area (TPSA) is 41.6 Å². The van der Waals surface area contributed by atoms with E-state index in [9.17, 15) is 4.79 Å². The number of carbonyl (C=O) groups excluding carboxylic acids is 1. The van der Waals surface area contributed by atoms with Gasteiger partial charge in [0.15, 0.2) is 0 Å². The Balaban J connectivity index is 2.08. The monoisotopic (exact) mass is 296 g/mol. The van der Waals surface area contributed by atoms with Gasteiger partial charge in [-0.25, -0.2) is 4.79 Å². The fourth-order valence-corrected chi connectivity index (χ4v) is 3.29. The van der Waals surface area contributed by atoms with Crippen LogP contribution in [0.2, 0.25) is 0 Å². The van der Waals surface area contributed by atoms with E-state index in [-0.39, 0.29) is 17.0 Å². The van der Waals surface area contributed by atoms with Gasteiger partial charge in [-0.2, -0.15) is 0 Å². The van der Waals surface area contributed by atoms with Crippen molar-refractivity contribution >= 4 is 6.09 Å². The zero-order valence-corrected chi connectivity index (χ0v) is 14.6. The summed E-state index contributed by atoms with van der Waals surface area (Å²) in [7, 11) is 2.04. The normalized spacial score (nSPS) is 27.3. The molecule has 1 aliphatic carbocycles. The van der Waals surface area contributed by atoms with Gasteiger partial charge in [-0.15, -0.1) is 0 Å². The molecule has 2 aliphatic rings. The highest BCUT2D eigenvalue weighted by atomic mass is 16.6. The number of hydrogen-bond donors (Lipinski definition) is 1. The lowest BCUT2D eigenvalue weighted by molar-refractivity contribution is -0.0106. The maximum absolute atomic E-state index is 12.6. The molecule has 4 heteroatoms. The van der Waals surface area contributed by atoms with Gasteiger partial charge in [-0.1, -0.05) is 13.8 Å². The van der Waals surface area contributed by atoms with Gasteiger partial charge in [0.2, 0.25) is 0 Å². The second kappa shape index (κ2) is 5.45. The van der Waals surface area contributed by atoms with E-state index in [1.165, 1.54) is 19.3 Å². The Morgan fingerprint density at radius 3 is 2.38 bits per heavy atom. The zero-order chi connectivity index (χ0) is 15.9. The third-order valence-corrected chi connectivity index (χ3v) is 4.83. The largest absolute Gasteiger partial charge is 0.444 e. The van der Waals surface area contributed by atoms with Crippen molar-refractivity contribution in [2.45, 2.75) is 83.9 Å². The molecule has 122 valence electrons. The molecule has 0 spiro atoms. The Hall–Kier alpha value is -0.770. The van der Waals surface area contributed by atoms with Crippen LogP contribution in [0.15, 0.2) is 0 Å². The average Bonchev–Trinajstić information content (AvgIpc) is 3.09. The number of ether oxygens (including phenoxy) is 1. The van der Waals surface area contributed by atoms with Crippen LogP contribution in [0.3, 0.4) is 0 Å². The van der Waals surface area contributed by atoms with E-state index in [0.29, 0.717) is 6.04 Å². The van der Waals surface area contributed by atoms with Gasteiger partial charge in [-0.05, 0) is 65.3 Å². The quantitative estimate of drug-likeness (QED) is 0.866. The van der Waals surface area contributed by atoms with Crippen LogP contribution < -0.4 is 5.32 Å². The summed E-state index contributed by atoms with van der Waals surface area (Å²) in [5.74, 6) is 0. The van der Waals surface area contributed by atoms with Gasteiger partial charge in [-0.3, -0.25) is 0 Å². The summed E-state index contributed by atoms with van der Waals surface area (Å²) in [4.78, 5) is 14.6. The van der Waals surface area contributed by atoms with Crippen molar-refractivity contribution in [2.75, 3.05) is 13.6 Å². The van der Waals surface area contributed by atoms with Crippen molar-refractivity contribution in [1.29, 1.82) is 0 Å². The standard InChI is InChI=1S/C17H32N2O2/c1-15(2,3)21-14(20)19-12-16(4,5)8-7-13(19)11-17(18-6)9-10-17/h13,18H,7-12H2,1-6H3. The first-order valence-corrected chi connectivity index (χ1v) is 8.24. The number of rotatable bonds is 3. The highest BCUT2D eigenvalue weighted by Crippen LogP contribution is 2.43. The van der Waals surface area contributed by atoms with E-state index in [0.717, 1.165) is 19.4 Å². The smallest absolute Gasteiger partial charge is 0.410 e. The molecule has 0 aromatic rings. The van der Waals surface area contributed by atoms with Gasteiger partial charge in [0.1, 0.15) is 5.60 Å². The first-order valence-electron chi connectivity index (χ1n) is 8.24. The molecule has 1 aliphatic heterocycles. The van der Waals surface area contributed by atoms with Crippen LogP contribution in [-0.2, 0) is 4.74 Å². The SMILES string of the molecule is CNC1(CC2CCC(C)(C)CN2C(=O)OC(C)(C)C)CC1. The molecule has 4 nitrogen and oxygen atoms in total. The molecule has 1 atom stereocenters. The maximum Gasteiger partial charge on any atom is 0.410 e. The van der Waals surface area contributed by atoms with E-state index in [4.69, 9.17) is 4.74 Å². The molecule has 0 radical (unpaired) electrons. The molecule has 1 heterocycles. The van der Waals surface area contributed by atoms with Crippen LogP contribution in [0, 0.1) is 5.41 Å². The average molecular weight is 296 g/mol. The van der Waals surface area contributed by atoms with Crippen molar-refractivity contribution in [2.24, 2.45) is 5.41 Å². The highest BCUT2D eigenvalue weighted by Gasteiger charge is 2.47. The Kier molecular flexibility index (Phi) is 4.31. The summed E-state index contributed by atoms with van der Waals surface area (Å²) < 4.78 is 5.64. The number of nitrogens with zero attached hydrogens (tertiary/aromatic N) is 1. The molecular weight excluding hydrogens is 264 g/mol. The van der Waals surface area contributed by atoms with Crippen molar-refractivity contribution in [3.8, 4) is 0 Å². The first-order chi connectivity index (χ1) is 9.56. The second-order valence-corrected chi connectivity index (χ2v) is 8.70. The Bertz CT molecular complexity index is 394. The van der Waals surface area contributed by atoms with E-state index in [2.05, 4.69) is 19.2 Å². The van der Waals surface area contributed by atoms with Crippen LogP contribution >= 0.6 is 0 Å². The summed E-state index contributed by atoms with van der Waals surface area (Å²) in [5.41, 5.74) is 0.0275. The lowest BCUT2D eigenvalue weighted by atomic mass is 9.80. The predicted octanol–water partition coefficient (Wildman–Crippen LogP) is 3.55. The van der Waals surface area contributed by atoms with Gasteiger partial charge in [0.25, 0.3) is 0 Å². The van der Waals surface area contributed by atoms with Crippen LogP contribution in [0.4, 0.5) is 4.79 Å². The third-order valence-electron chi connectivity index (χ3n) is 4.83. The van der Waals surface area contributed by atoms with Gasteiger partial charge < -0.3 is 15.0 Å². The molecular formula is C17H32N2O2. The minimum absolute atomic E-state index is 0.146. The van der Waals surface area contributed by atoms with Crippen molar-refractivity contribution in [3.63, 3.8) is 0 Å². The van der Waals surface area contributed by atoms with Gasteiger partial charge >= 0.3 is 6.09 Å². The molecule has 21 heavy (non-hydrogen) atoms. The fraction of sp³-hybridized carbons (Fsp3) is 0.941. The maximum atomic E-state index is 12.6. The molecule has 2 fully saturated rings. The Morgan fingerprint density at radius 1 is 1.29 bits per heavy atom. The Labute approximate surface area is 129 Å². The summed E-state index contributed by atoms with van der Waals surface area (Å²) in [6, 6.07) is 0.308. The Morgan fingerprint density at radius 2 is 1.90 bits per heavy atom. The number of hydrogen-bond acceptors (Lipinski definition) is 3. The summed E-state index contributed by atoms with van der Waals surface area (Å²) >= 11 is 0. The van der Waals surface area contributed by atoms with E-state index < -0.39 is 5.60 Å². The number of carbonyl (C=O) groups is 1. The lowest BCUT2D eigenvalue weighted by Gasteiger charge is -2.45. The lowest BCUT2D eigenvalue weighted by Crippen LogP contribution is -2.53. The van der Waals surface area contributed by atoms with Crippen molar-refractivity contribution in [3.05, 3.63) is 0 Å². The first kappa shape index (κ1) is 16.6. The molecule has 0 aromatic heterocycles. The van der Waals surface area contributed by atoms with E-state index in [1.54, 1.807) is 0 Å². The summed E-state index contributed by atoms with van der Waals surface area (Å²) in [6.07, 6.45) is 5.62. The van der Waals surface area contributed by atoms with Crippen LogP contribution in [-0.4, -0.2) is 41.8 Å². The second-order valence-electron chi connectivity index (χ2n) is 8.70. The number of likely N-dealkylation sites (tertiary alicyclic amines) is 1. The van der Waals surface area contributed by atoms with Gasteiger partial charge in [0, 0.05) is 18.1 Å². The molecule has 2 rings (SSSR count). The molecule has 1 amide bonds. The predicted molar refractivity (Wildman–Crippen MR) is 85.4 cm³/mol. The van der Waals surface area contributed by atoms with Crippen molar-refractivity contribution in [1.82, 2.24) is 10.2 Å². The zero-order valence-electron chi connectivity index (χ0n) is 14.6. The minimum Gasteiger partial charge on any atom is -0.444 e. The number of amides is 1. The number of nitrogens with one attached hydrogen (secondary N) is 1.